The van der Waals surface area contributed by atoms with Crippen molar-refractivity contribution in [2.24, 2.45) is 0 Å². The number of rotatable bonds is 8. The molecule has 0 aliphatic carbocycles. The van der Waals surface area contributed by atoms with Gasteiger partial charge in [-0.05, 0) is 49.4 Å². The molecule has 0 saturated heterocycles. The number of benzene rings is 2. The monoisotopic (exact) mass is 436 g/mol. The van der Waals surface area contributed by atoms with Crippen molar-refractivity contribution in [2.45, 2.75) is 13.0 Å². The van der Waals surface area contributed by atoms with E-state index in [9.17, 15) is 18.0 Å². The molecule has 2 aromatic carbocycles. The van der Waals surface area contributed by atoms with Crippen molar-refractivity contribution in [2.75, 3.05) is 37.1 Å². The number of hydrogen-bond acceptors (Lipinski definition) is 7. The van der Waals surface area contributed by atoms with Gasteiger partial charge in [-0.1, -0.05) is 0 Å². The summed E-state index contributed by atoms with van der Waals surface area (Å²) >= 11 is 0. The second kappa shape index (κ2) is 9.49. The van der Waals surface area contributed by atoms with Crippen LogP contribution < -0.4 is 19.1 Å². The Morgan fingerprint density at radius 1 is 1.07 bits per heavy atom. The first-order valence-corrected chi connectivity index (χ1v) is 10.7. The van der Waals surface area contributed by atoms with Gasteiger partial charge in [0, 0.05) is 7.05 Å². The molecule has 0 unspecified atom stereocenters. The van der Waals surface area contributed by atoms with E-state index in [2.05, 4.69) is 10.1 Å². The first kappa shape index (κ1) is 23.0. The molecule has 0 bridgehead atoms. The summed E-state index contributed by atoms with van der Waals surface area (Å²) in [6.07, 6.45) is 0.225. The molecular formula is C20H24N2O7S. The van der Waals surface area contributed by atoms with Crippen LogP contribution in [0.1, 0.15) is 17.3 Å². The zero-order valence-corrected chi connectivity index (χ0v) is 18.1. The molecule has 0 heterocycles. The van der Waals surface area contributed by atoms with Gasteiger partial charge in [0.05, 0.1) is 37.4 Å². The lowest BCUT2D eigenvalue weighted by molar-refractivity contribution is -0.122. The second-order valence-corrected chi connectivity index (χ2v) is 8.39. The Morgan fingerprint density at radius 2 is 1.70 bits per heavy atom. The van der Waals surface area contributed by atoms with E-state index < -0.39 is 28.0 Å². The number of anilines is 2. The van der Waals surface area contributed by atoms with E-state index in [1.54, 1.807) is 37.3 Å². The number of nitrogens with zero attached hydrogens (tertiary/aromatic N) is 1. The van der Waals surface area contributed by atoms with Crippen LogP contribution in [-0.2, 0) is 19.6 Å². The van der Waals surface area contributed by atoms with Gasteiger partial charge in [-0.15, -0.1) is 0 Å². The van der Waals surface area contributed by atoms with Crippen LogP contribution in [0.25, 0.3) is 0 Å². The first-order valence-electron chi connectivity index (χ1n) is 8.84. The number of carbonyl (C=O) groups is 2. The fourth-order valence-electron chi connectivity index (χ4n) is 2.47. The molecule has 162 valence electrons. The van der Waals surface area contributed by atoms with Gasteiger partial charge in [-0.3, -0.25) is 9.10 Å². The standard InChI is InChI=1S/C20H24N2O7S/c1-13(29-16-9-7-15(8-10-16)22(2)30(5,25)26)19(23)21-17-12-14(20(24)28-4)6-11-18(17)27-3/h6-13H,1-5H3,(H,21,23)/t13-/m0/s1. The molecule has 9 nitrogen and oxygen atoms in total. The highest BCUT2D eigenvalue weighted by Gasteiger charge is 2.19. The van der Waals surface area contributed by atoms with Crippen LogP contribution in [0.2, 0.25) is 0 Å². The van der Waals surface area contributed by atoms with Gasteiger partial charge in [-0.25, -0.2) is 13.2 Å². The topological polar surface area (TPSA) is 111 Å². The zero-order chi connectivity index (χ0) is 22.5. The van der Waals surface area contributed by atoms with Crippen molar-refractivity contribution in [1.29, 1.82) is 0 Å². The quantitative estimate of drug-likeness (QED) is 0.632. The molecule has 0 aliphatic heterocycles. The smallest absolute Gasteiger partial charge is 0.337 e. The molecule has 0 aliphatic rings. The van der Waals surface area contributed by atoms with Crippen LogP contribution in [0.15, 0.2) is 42.5 Å². The molecule has 1 atom stereocenters. The summed E-state index contributed by atoms with van der Waals surface area (Å²) in [5, 5.41) is 2.67. The lowest BCUT2D eigenvalue weighted by Crippen LogP contribution is -2.30. The van der Waals surface area contributed by atoms with Gasteiger partial charge in [0.1, 0.15) is 11.5 Å². The van der Waals surface area contributed by atoms with Gasteiger partial charge in [0.25, 0.3) is 5.91 Å². The average molecular weight is 436 g/mol. The summed E-state index contributed by atoms with van der Waals surface area (Å²) in [6.45, 7) is 1.56. The highest BCUT2D eigenvalue weighted by atomic mass is 32.2. The van der Waals surface area contributed by atoms with Crippen LogP contribution in [0.4, 0.5) is 11.4 Å². The summed E-state index contributed by atoms with van der Waals surface area (Å²) in [5.74, 6) is -0.251. The fraction of sp³-hybridized carbons (Fsp3) is 0.300. The third kappa shape index (κ3) is 5.63. The van der Waals surface area contributed by atoms with Crippen molar-refractivity contribution >= 4 is 33.3 Å². The molecule has 0 spiro atoms. The minimum absolute atomic E-state index is 0.257. The van der Waals surface area contributed by atoms with Crippen LogP contribution in [0, 0.1) is 0 Å². The maximum absolute atomic E-state index is 12.5. The van der Waals surface area contributed by atoms with E-state index in [0.29, 0.717) is 22.9 Å². The van der Waals surface area contributed by atoms with E-state index in [1.807, 2.05) is 0 Å². The van der Waals surface area contributed by atoms with Crippen molar-refractivity contribution in [3.05, 3.63) is 48.0 Å². The number of methoxy groups -OCH3 is 2. The summed E-state index contributed by atoms with van der Waals surface area (Å²) in [5.41, 5.74) is 1.02. The van der Waals surface area contributed by atoms with E-state index in [0.717, 1.165) is 10.6 Å². The normalized spacial score (nSPS) is 11.9. The lowest BCUT2D eigenvalue weighted by atomic mass is 10.2. The molecular weight excluding hydrogens is 412 g/mol. The molecule has 2 aromatic rings. The van der Waals surface area contributed by atoms with Crippen molar-refractivity contribution in [1.82, 2.24) is 0 Å². The van der Waals surface area contributed by atoms with Gasteiger partial charge in [0.15, 0.2) is 6.10 Å². The first-order chi connectivity index (χ1) is 14.1. The molecule has 0 fully saturated rings. The van der Waals surface area contributed by atoms with Crippen LogP contribution in [0.5, 0.6) is 11.5 Å². The Hall–Kier alpha value is -3.27. The largest absolute Gasteiger partial charge is 0.495 e. The van der Waals surface area contributed by atoms with Crippen LogP contribution in [0.3, 0.4) is 0 Å². The van der Waals surface area contributed by atoms with Gasteiger partial charge < -0.3 is 19.5 Å². The SMILES string of the molecule is COC(=O)c1ccc(OC)c(NC(=O)[C@H](C)Oc2ccc(N(C)S(C)(=O)=O)cc2)c1. The summed E-state index contributed by atoms with van der Waals surface area (Å²) in [6, 6.07) is 10.8. The van der Waals surface area contributed by atoms with E-state index in [4.69, 9.17) is 9.47 Å². The van der Waals surface area contributed by atoms with Crippen molar-refractivity contribution in [3.63, 3.8) is 0 Å². The summed E-state index contributed by atoms with van der Waals surface area (Å²) in [4.78, 5) is 24.3. The van der Waals surface area contributed by atoms with Crippen molar-refractivity contribution < 1.29 is 32.2 Å². The molecule has 1 amide bonds. The molecule has 30 heavy (non-hydrogen) atoms. The van der Waals surface area contributed by atoms with Gasteiger partial charge >= 0.3 is 5.97 Å². The number of hydrogen-bond donors (Lipinski definition) is 1. The molecule has 0 radical (unpaired) electrons. The maximum atomic E-state index is 12.5. The van der Waals surface area contributed by atoms with Crippen molar-refractivity contribution in [3.8, 4) is 11.5 Å². The number of ether oxygens (including phenoxy) is 3. The summed E-state index contributed by atoms with van der Waals surface area (Å²) < 4.78 is 39.9. The second-order valence-electron chi connectivity index (χ2n) is 6.38. The molecule has 2 rings (SSSR count). The lowest BCUT2D eigenvalue weighted by Gasteiger charge is -2.19. The van der Waals surface area contributed by atoms with Gasteiger partial charge in [-0.2, -0.15) is 0 Å². The predicted molar refractivity (Wildman–Crippen MR) is 113 cm³/mol. The number of amides is 1. The Morgan fingerprint density at radius 3 is 2.23 bits per heavy atom. The van der Waals surface area contributed by atoms with Gasteiger partial charge in [0.2, 0.25) is 10.0 Å². The minimum atomic E-state index is -3.37. The molecule has 10 heteroatoms. The highest BCUT2D eigenvalue weighted by Crippen LogP contribution is 2.27. The van der Waals surface area contributed by atoms with E-state index >= 15 is 0 Å². The highest BCUT2D eigenvalue weighted by molar-refractivity contribution is 7.92. The number of esters is 1. The predicted octanol–water partition coefficient (Wildman–Crippen LogP) is 2.28. The Labute approximate surface area is 175 Å². The average Bonchev–Trinajstić information content (AvgIpc) is 2.72. The third-order valence-corrected chi connectivity index (χ3v) is 5.46. The van der Waals surface area contributed by atoms with Crippen LogP contribution >= 0.6 is 0 Å². The maximum Gasteiger partial charge on any atom is 0.337 e. The fourth-order valence-corrected chi connectivity index (χ4v) is 2.97. The molecule has 0 saturated carbocycles. The van der Waals surface area contributed by atoms with Crippen LogP contribution in [-0.4, -0.2) is 53.9 Å². The van der Waals surface area contributed by atoms with E-state index in [1.165, 1.54) is 33.4 Å². The number of nitrogens with one attached hydrogen (secondary N) is 1. The minimum Gasteiger partial charge on any atom is -0.495 e. The number of sulfonamides is 1. The Kier molecular flexibility index (Phi) is 7.28. The third-order valence-electron chi connectivity index (χ3n) is 4.26. The summed E-state index contributed by atoms with van der Waals surface area (Å²) in [7, 11) is 0.773. The molecule has 1 N–H and O–H groups in total. The number of carbonyl (C=O) groups excluding carboxylic acids is 2. The Bertz CT molecular complexity index is 1020. The zero-order valence-electron chi connectivity index (χ0n) is 17.3. The Balaban J connectivity index is 2.10. The molecule has 0 aromatic heterocycles. The van der Waals surface area contributed by atoms with E-state index in [-0.39, 0.29) is 5.56 Å².